The fraction of sp³-hybridized carbons (Fsp3) is 0.636. The Hall–Kier alpha value is -3.21. The number of nitrogens with zero attached hydrogens (tertiary/aromatic N) is 2. The van der Waals surface area contributed by atoms with E-state index in [1.165, 1.54) is 12.7 Å². The molecule has 11 heteroatoms. The summed E-state index contributed by atoms with van der Waals surface area (Å²) in [6, 6.07) is 7.76. The minimum absolute atomic E-state index is 0.130. The second-order valence-corrected chi connectivity index (χ2v) is 16.4. The Morgan fingerprint density at radius 2 is 1.75 bits per heavy atom. The Bertz CT molecular complexity index is 1310. The highest BCUT2D eigenvalue weighted by Crippen LogP contribution is 2.27. The normalized spacial score (nSPS) is 17.2. The number of H-pyrrole nitrogens is 1. The van der Waals surface area contributed by atoms with E-state index in [1.807, 2.05) is 44.2 Å². The van der Waals surface area contributed by atoms with Gasteiger partial charge in [0.05, 0.1) is 22.7 Å². The van der Waals surface area contributed by atoms with Gasteiger partial charge >= 0.3 is 0 Å². The van der Waals surface area contributed by atoms with Crippen LogP contribution in [-0.4, -0.2) is 70.3 Å². The van der Waals surface area contributed by atoms with Gasteiger partial charge in [0.1, 0.15) is 12.1 Å². The first kappa shape index (κ1) is 35.3. The molecule has 1 aromatic carbocycles. The zero-order valence-corrected chi connectivity index (χ0v) is 27.7. The summed E-state index contributed by atoms with van der Waals surface area (Å²) in [7, 11) is -3.65. The second kappa shape index (κ2) is 16.2. The number of benzene rings is 1. The van der Waals surface area contributed by atoms with Crippen LogP contribution in [0.1, 0.15) is 84.4 Å². The van der Waals surface area contributed by atoms with Crippen molar-refractivity contribution in [3.05, 3.63) is 59.3 Å². The summed E-state index contributed by atoms with van der Waals surface area (Å²) in [5.74, 6) is -1.65. The molecule has 1 fully saturated rings. The van der Waals surface area contributed by atoms with Gasteiger partial charge in [-0.3, -0.25) is 9.59 Å². The van der Waals surface area contributed by atoms with Crippen molar-refractivity contribution < 1.29 is 22.7 Å². The molecule has 1 saturated carbocycles. The summed E-state index contributed by atoms with van der Waals surface area (Å²) in [6.07, 6.45) is 11.2. The van der Waals surface area contributed by atoms with Gasteiger partial charge in [-0.25, -0.2) is 18.1 Å². The van der Waals surface area contributed by atoms with Crippen molar-refractivity contribution in [2.45, 2.75) is 103 Å². The average Bonchev–Trinajstić information content (AvgIpc) is 3.45. The van der Waals surface area contributed by atoms with Gasteiger partial charge in [-0.15, -0.1) is 0 Å². The van der Waals surface area contributed by atoms with Crippen LogP contribution in [0.15, 0.2) is 42.9 Å². The van der Waals surface area contributed by atoms with E-state index in [0.717, 1.165) is 36.0 Å². The first-order chi connectivity index (χ1) is 20.7. The molecule has 3 atom stereocenters. The largest absolute Gasteiger partial charge is 0.624 e. The predicted octanol–water partition coefficient (Wildman–Crippen LogP) is 4.20. The van der Waals surface area contributed by atoms with Crippen LogP contribution in [0.4, 0.5) is 0 Å². The molecule has 244 valence electrons. The molecule has 0 spiro atoms. The fourth-order valence-electron chi connectivity index (χ4n) is 5.60. The van der Waals surface area contributed by atoms with Crippen LogP contribution in [0.2, 0.25) is 0 Å². The van der Waals surface area contributed by atoms with Gasteiger partial charge in [0.25, 0.3) is 0 Å². The van der Waals surface area contributed by atoms with Crippen molar-refractivity contribution in [2.24, 2.45) is 17.8 Å². The highest BCUT2D eigenvalue weighted by atomic mass is 32.2. The van der Waals surface area contributed by atoms with Crippen molar-refractivity contribution in [3.8, 4) is 0 Å². The lowest BCUT2D eigenvalue weighted by Gasteiger charge is -2.28. The Morgan fingerprint density at radius 3 is 2.34 bits per heavy atom. The summed E-state index contributed by atoms with van der Waals surface area (Å²) in [5.41, 5.74) is 1.47. The summed E-state index contributed by atoms with van der Waals surface area (Å²) in [6.45, 7) is 9.11. The zero-order chi connectivity index (χ0) is 32.3. The van der Waals surface area contributed by atoms with Crippen molar-refractivity contribution in [2.75, 3.05) is 12.3 Å². The maximum Gasteiger partial charge on any atom is 0.243 e. The van der Waals surface area contributed by atoms with Crippen LogP contribution in [-0.2, 0) is 32.3 Å². The number of rotatable bonds is 15. The first-order valence-corrected chi connectivity index (χ1v) is 17.5. The maximum absolute atomic E-state index is 13.9. The second-order valence-electron chi connectivity index (χ2n) is 13.6. The van der Waals surface area contributed by atoms with Crippen LogP contribution in [0.25, 0.3) is 0 Å². The van der Waals surface area contributed by atoms with E-state index in [0.29, 0.717) is 24.6 Å². The van der Waals surface area contributed by atoms with Crippen LogP contribution in [0.3, 0.4) is 0 Å². The molecule has 2 aromatic rings. The van der Waals surface area contributed by atoms with E-state index < -0.39 is 44.4 Å². The molecule has 0 radical (unpaired) electrons. The molecule has 1 aromatic heterocycles. The SMILES string of the molecule is CC(C)C[N+]([O-])=C[C@H](CC1CCCCC1)NC(=O)[C@H](Cc1cnc[nH]1)NC(=O)[C@H](Cc1ccccc1)CS(=O)(=O)C(C)(C)C. The number of hydrogen-bond donors (Lipinski definition) is 3. The lowest BCUT2D eigenvalue weighted by molar-refractivity contribution is -0.461. The van der Waals surface area contributed by atoms with Crippen LogP contribution < -0.4 is 10.6 Å². The Balaban J connectivity index is 1.87. The molecule has 10 nitrogen and oxygen atoms in total. The number of hydrogen-bond acceptors (Lipinski definition) is 6. The number of sulfone groups is 1. The van der Waals surface area contributed by atoms with Gasteiger partial charge in [0.15, 0.2) is 22.6 Å². The number of imidazole rings is 1. The van der Waals surface area contributed by atoms with Crippen LogP contribution >= 0.6 is 0 Å². The molecule has 0 bridgehead atoms. The third-order valence-electron chi connectivity index (χ3n) is 8.19. The van der Waals surface area contributed by atoms with Crippen molar-refractivity contribution in [1.82, 2.24) is 20.6 Å². The van der Waals surface area contributed by atoms with Gasteiger partial charge in [-0.1, -0.05) is 76.3 Å². The molecule has 1 heterocycles. The topological polar surface area (TPSA) is 147 Å². The average molecular weight is 630 g/mol. The fourth-order valence-corrected chi connectivity index (χ4v) is 6.90. The molecule has 44 heavy (non-hydrogen) atoms. The summed E-state index contributed by atoms with van der Waals surface area (Å²) >= 11 is 0. The molecular weight excluding hydrogens is 578 g/mol. The molecular formula is C33H51N5O5S. The molecule has 3 rings (SSSR count). The van der Waals surface area contributed by atoms with E-state index >= 15 is 0 Å². The third kappa shape index (κ3) is 11.4. The van der Waals surface area contributed by atoms with E-state index in [-0.39, 0.29) is 24.5 Å². The summed E-state index contributed by atoms with van der Waals surface area (Å²) in [5, 5.41) is 18.7. The third-order valence-corrected chi connectivity index (χ3v) is 10.9. The van der Waals surface area contributed by atoms with E-state index in [9.17, 15) is 23.2 Å². The van der Waals surface area contributed by atoms with Gasteiger partial charge in [0.2, 0.25) is 11.8 Å². The number of aromatic amines is 1. The van der Waals surface area contributed by atoms with Crippen LogP contribution in [0, 0.1) is 23.0 Å². The molecule has 0 unspecified atom stereocenters. The number of carbonyl (C=O) groups is 2. The van der Waals surface area contributed by atoms with E-state index in [1.54, 1.807) is 33.2 Å². The Labute approximate surface area is 263 Å². The minimum atomic E-state index is -3.65. The number of hydroxylamine groups is 1. The lowest BCUT2D eigenvalue weighted by Crippen LogP contribution is -2.54. The summed E-state index contributed by atoms with van der Waals surface area (Å²) in [4.78, 5) is 34.8. The lowest BCUT2D eigenvalue weighted by atomic mass is 9.85. The van der Waals surface area contributed by atoms with Gasteiger partial charge in [0, 0.05) is 24.2 Å². The molecule has 0 aliphatic heterocycles. The molecule has 1 aliphatic rings. The van der Waals surface area contributed by atoms with Gasteiger partial charge in [-0.2, -0.15) is 0 Å². The molecule has 2 amide bonds. The van der Waals surface area contributed by atoms with E-state index in [2.05, 4.69) is 20.6 Å². The minimum Gasteiger partial charge on any atom is -0.624 e. The quantitative estimate of drug-likeness (QED) is 0.116. The highest BCUT2D eigenvalue weighted by Gasteiger charge is 2.36. The highest BCUT2D eigenvalue weighted by molar-refractivity contribution is 7.92. The van der Waals surface area contributed by atoms with Gasteiger partial charge in [-0.05, 0) is 45.1 Å². The maximum atomic E-state index is 13.9. The van der Waals surface area contributed by atoms with Gasteiger partial charge < -0.3 is 20.8 Å². The molecule has 3 N–H and O–H groups in total. The van der Waals surface area contributed by atoms with Crippen molar-refractivity contribution >= 4 is 27.9 Å². The smallest absolute Gasteiger partial charge is 0.243 e. The Morgan fingerprint density at radius 1 is 1.07 bits per heavy atom. The monoisotopic (exact) mass is 629 g/mol. The predicted molar refractivity (Wildman–Crippen MR) is 174 cm³/mol. The number of nitrogens with one attached hydrogen (secondary N) is 3. The van der Waals surface area contributed by atoms with Crippen LogP contribution in [0.5, 0.6) is 0 Å². The Kier molecular flexibility index (Phi) is 13.0. The van der Waals surface area contributed by atoms with Crippen molar-refractivity contribution in [1.29, 1.82) is 0 Å². The zero-order valence-electron chi connectivity index (χ0n) is 26.9. The van der Waals surface area contributed by atoms with Crippen molar-refractivity contribution in [3.63, 3.8) is 0 Å². The number of amides is 2. The molecule has 1 aliphatic carbocycles. The first-order valence-electron chi connectivity index (χ1n) is 15.9. The summed E-state index contributed by atoms with van der Waals surface area (Å²) < 4.78 is 26.3. The molecule has 0 saturated heterocycles. The standard InChI is InChI=1S/C33H51N5O5S/c1-24(2)20-38(41)21-29(17-26-14-10-7-11-15-26)36-32(40)30(18-28-19-34-23-35-28)37-31(39)27(16-25-12-8-6-9-13-25)22-44(42,43)33(3,4)5/h6,8-9,12-13,19,21,23-24,26-27,29-30H,7,10-11,14-18,20,22H2,1-5H3,(H,34,35)(H,36,40)(H,37,39)/t27-,29+,30+/m1/s1. The number of carbonyl (C=O) groups excluding carboxylic acids is 2. The number of aromatic nitrogens is 2. The van der Waals surface area contributed by atoms with E-state index in [4.69, 9.17) is 0 Å².